The van der Waals surface area contributed by atoms with Crippen LogP contribution in [0.25, 0.3) is 5.57 Å². The van der Waals surface area contributed by atoms with Crippen LogP contribution in [-0.2, 0) is 49.3 Å². The first-order valence-electron chi connectivity index (χ1n) is 16.3. The van der Waals surface area contributed by atoms with E-state index in [2.05, 4.69) is 0 Å². The van der Waals surface area contributed by atoms with Crippen molar-refractivity contribution in [2.75, 3.05) is 31.3 Å². The van der Waals surface area contributed by atoms with E-state index < -0.39 is 33.5 Å². The maximum absolute atomic E-state index is 14.4. The zero-order chi connectivity index (χ0) is 36.4. The van der Waals surface area contributed by atoms with Crippen LogP contribution in [0.3, 0.4) is 0 Å². The molecule has 264 valence electrons. The van der Waals surface area contributed by atoms with Crippen LogP contribution in [0.1, 0.15) is 58.2 Å². The SMILES string of the molecule is CCOC(=O)C1=C(C(=O)OCC)SC2(S1)C(C(=O)OCC)=C(C(=O)OCC)SC1=C2c2ccc(C)cc2N(C(=O)Cc2ccccc2)C1(C)C. The first-order chi connectivity index (χ1) is 23.9. The molecule has 0 saturated heterocycles. The Bertz CT molecular complexity index is 1810. The van der Waals surface area contributed by atoms with Gasteiger partial charge in [-0.3, -0.25) is 4.79 Å². The minimum atomic E-state index is -1.63. The van der Waals surface area contributed by atoms with Gasteiger partial charge < -0.3 is 23.8 Å². The fourth-order valence-electron chi connectivity index (χ4n) is 6.13. The lowest BCUT2D eigenvalue weighted by Crippen LogP contribution is -2.54. The molecule has 0 radical (unpaired) electrons. The fourth-order valence-corrected chi connectivity index (χ4v) is 11.1. The molecule has 0 aliphatic carbocycles. The van der Waals surface area contributed by atoms with Crippen LogP contribution in [-0.4, -0.2) is 65.8 Å². The van der Waals surface area contributed by atoms with Crippen molar-refractivity contribution in [3.05, 3.63) is 90.4 Å². The molecule has 0 unspecified atom stereocenters. The molecule has 1 amide bonds. The lowest BCUT2D eigenvalue weighted by molar-refractivity contribution is -0.141. The average molecular weight is 738 g/mol. The number of hydrogen-bond donors (Lipinski definition) is 0. The number of aryl methyl sites for hydroxylation is 1. The summed E-state index contributed by atoms with van der Waals surface area (Å²) in [7, 11) is 0. The van der Waals surface area contributed by atoms with Crippen LogP contribution in [0.15, 0.2) is 73.7 Å². The van der Waals surface area contributed by atoms with Gasteiger partial charge in [0.1, 0.15) is 18.8 Å². The molecular weight excluding hydrogens is 699 g/mol. The van der Waals surface area contributed by atoms with E-state index in [-0.39, 0.29) is 59.0 Å². The molecule has 50 heavy (non-hydrogen) atoms. The van der Waals surface area contributed by atoms with Crippen LogP contribution in [0, 0.1) is 6.92 Å². The number of benzene rings is 2. The zero-order valence-electron chi connectivity index (χ0n) is 29.0. The second kappa shape index (κ2) is 15.1. The van der Waals surface area contributed by atoms with E-state index in [1.165, 1.54) is 0 Å². The lowest BCUT2D eigenvalue weighted by Gasteiger charge is -2.51. The Kier molecular flexibility index (Phi) is 11.3. The number of amides is 1. The second-order valence-electron chi connectivity index (χ2n) is 11.8. The van der Waals surface area contributed by atoms with Gasteiger partial charge in [0.2, 0.25) is 5.91 Å². The Balaban J connectivity index is 1.85. The molecule has 0 bridgehead atoms. The molecule has 0 aromatic heterocycles. The molecule has 13 heteroatoms. The number of fused-ring (bicyclic) bond motifs is 3. The topological polar surface area (TPSA) is 126 Å². The molecule has 2 aromatic carbocycles. The van der Waals surface area contributed by atoms with E-state index in [4.69, 9.17) is 18.9 Å². The number of carbonyl (C=O) groups excluding carboxylic acids is 5. The Morgan fingerprint density at radius 3 is 1.76 bits per heavy atom. The molecule has 3 aliphatic heterocycles. The summed E-state index contributed by atoms with van der Waals surface area (Å²) in [6.07, 6.45) is 0.107. The van der Waals surface area contributed by atoms with Gasteiger partial charge >= 0.3 is 23.9 Å². The Labute approximate surface area is 304 Å². The number of carbonyl (C=O) groups is 5. The van der Waals surface area contributed by atoms with Gasteiger partial charge in [0.25, 0.3) is 0 Å². The number of hydrogen-bond acceptors (Lipinski definition) is 12. The lowest BCUT2D eigenvalue weighted by atomic mass is 9.82. The van der Waals surface area contributed by atoms with Crippen LogP contribution in [0.5, 0.6) is 0 Å². The van der Waals surface area contributed by atoms with E-state index in [0.29, 0.717) is 21.7 Å². The Morgan fingerprint density at radius 1 is 0.700 bits per heavy atom. The summed E-state index contributed by atoms with van der Waals surface area (Å²) in [4.78, 5) is 71.8. The number of ether oxygens (including phenoxy) is 4. The van der Waals surface area contributed by atoms with E-state index in [0.717, 1.165) is 46.4 Å². The highest BCUT2D eigenvalue weighted by molar-refractivity contribution is 8.26. The summed E-state index contributed by atoms with van der Waals surface area (Å²) in [6.45, 7) is 12.4. The standard InChI is InChI=1S/C37H39NO9S3/c1-8-44-32(40)27-28(33(41)45-9-2)48-31-26(37(27)49-29(34(42)46-10-3)30(50-37)35(43)47-11-4)23-18-17-21(5)19-24(23)38(36(31,6)7)25(39)20-22-15-13-12-14-16-22/h12-19H,8-11,20H2,1-7H3. The molecule has 0 N–H and O–H groups in total. The summed E-state index contributed by atoms with van der Waals surface area (Å²) >= 11 is 2.92. The van der Waals surface area contributed by atoms with Gasteiger partial charge in [0.05, 0.1) is 49.6 Å². The molecular formula is C37H39NO9S3. The van der Waals surface area contributed by atoms with Gasteiger partial charge in [-0.05, 0) is 65.7 Å². The Morgan fingerprint density at radius 2 is 1.22 bits per heavy atom. The predicted octanol–water partition coefficient (Wildman–Crippen LogP) is 6.72. The third kappa shape index (κ3) is 6.62. The second-order valence-corrected chi connectivity index (χ2v) is 15.6. The van der Waals surface area contributed by atoms with Crippen molar-refractivity contribution in [2.45, 2.75) is 64.5 Å². The molecule has 5 rings (SSSR count). The number of thioether (sulfide) groups is 3. The van der Waals surface area contributed by atoms with E-state index in [1.807, 2.05) is 69.3 Å². The van der Waals surface area contributed by atoms with Gasteiger partial charge in [-0.1, -0.05) is 77.8 Å². The van der Waals surface area contributed by atoms with Gasteiger partial charge in [0, 0.05) is 16.0 Å². The van der Waals surface area contributed by atoms with Crippen LogP contribution < -0.4 is 4.90 Å². The minimum Gasteiger partial charge on any atom is -0.463 e. The molecule has 3 heterocycles. The fraction of sp³-hybridized carbons (Fsp3) is 0.378. The smallest absolute Gasteiger partial charge is 0.346 e. The highest BCUT2D eigenvalue weighted by atomic mass is 32.2. The maximum Gasteiger partial charge on any atom is 0.346 e. The first-order valence-corrected chi connectivity index (χ1v) is 18.8. The maximum atomic E-state index is 14.4. The first kappa shape index (κ1) is 37.3. The summed E-state index contributed by atoms with van der Waals surface area (Å²) in [6, 6.07) is 15.1. The van der Waals surface area contributed by atoms with Crippen molar-refractivity contribution >= 4 is 76.3 Å². The van der Waals surface area contributed by atoms with E-state index in [9.17, 15) is 24.0 Å². The quantitative estimate of drug-likeness (QED) is 0.190. The van der Waals surface area contributed by atoms with Crippen molar-refractivity contribution in [3.63, 3.8) is 0 Å². The largest absolute Gasteiger partial charge is 0.463 e. The number of rotatable bonds is 10. The number of esters is 4. The number of nitrogens with zero attached hydrogens (tertiary/aromatic N) is 1. The summed E-state index contributed by atoms with van der Waals surface area (Å²) < 4.78 is 20.3. The molecule has 3 aliphatic rings. The average Bonchev–Trinajstić information content (AvgIpc) is 3.46. The Hall–Kier alpha value is -3.94. The van der Waals surface area contributed by atoms with Gasteiger partial charge in [-0.25, -0.2) is 19.2 Å². The zero-order valence-corrected chi connectivity index (χ0v) is 31.5. The van der Waals surface area contributed by atoms with Gasteiger partial charge in [0.15, 0.2) is 0 Å². The summed E-state index contributed by atoms with van der Waals surface area (Å²) in [5.41, 5.74) is 2.27. The summed E-state index contributed by atoms with van der Waals surface area (Å²) in [5, 5.41) is 0. The highest BCUT2D eigenvalue weighted by Crippen LogP contribution is 2.71. The van der Waals surface area contributed by atoms with Crippen LogP contribution in [0.2, 0.25) is 0 Å². The molecule has 0 saturated carbocycles. The predicted molar refractivity (Wildman–Crippen MR) is 196 cm³/mol. The molecule has 2 aromatic rings. The third-order valence-corrected chi connectivity index (χ3v) is 12.8. The van der Waals surface area contributed by atoms with Crippen molar-refractivity contribution in [3.8, 4) is 0 Å². The van der Waals surface area contributed by atoms with Crippen LogP contribution >= 0.6 is 35.3 Å². The minimum absolute atomic E-state index is 0.00758. The van der Waals surface area contributed by atoms with Crippen molar-refractivity contribution in [1.29, 1.82) is 0 Å². The van der Waals surface area contributed by atoms with Crippen molar-refractivity contribution in [1.82, 2.24) is 0 Å². The number of anilines is 1. The van der Waals surface area contributed by atoms with E-state index in [1.54, 1.807) is 32.6 Å². The highest BCUT2D eigenvalue weighted by Gasteiger charge is 2.62. The third-order valence-electron chi connectivity index (χ3n) is 8.10. The normalized spacial score (nSPS) is 17.3. The van der Waals surface area contributed by atoms with Crippen LogP contribution in [0.4, 0.5) is 5.69 Å². The summed E-state index contributed by atoms with van der Waals surface area (Å²) in [5.74, 6) is -3.31. The monoisotopic (exact) mass is 737 g/mol. The van der Waals surface area contributed by atoms with Crippen molar-refractivity contribution < 1.29 is 42.9 Å². The van der Waals surface area contributed by atoms with E-state index >= 15 is 0 Å². The molecule has 0 atom stereocenters. The molecule has 10 nitrogen and oxygen atoms in total. The van der Waals surface area contributed by atoms with Crippen molar-refractivity contribution in [2.24, 2.45) is 0 Å². The molecule has 0 fully saturated rings. The van der Waals surface area contributed by atoms with Gasteiger partial charge in [-0.15, -0.1) is 0 Å². The van der Waals surface area contributed by atoms with Gasteiger partial charge in [-0.2, -0.15) is 0 Å². The molecule has 1 spiro atoms.